The second kappa shape index (κ2) is 7.07. The van der Waals surface area contributed by atoms with E-state index in [9.17, 15) is 9.59 Å². The van der Waals surface area contributed by atoms with Crippen molar-refractivity contribution in [3.05, 3.63) is 48.0 Å². The number of ether oxygens (including phenoxy) is 2. The predicted molar refractivity (Wildman–Crippen MR) is 106 cm³/mol. The molecule has 0 bridgehead atoms. The highest BCUT2D eigenvalue weighted by molar-refractivity contribution is 6.06. The molecule has 2 aliphatic heterocycles. The number of nitrogens with zero attached hydrogens (tertiary/aromatic N) is 1. The maximum atomic E-state index is 13.1. The monoisotopic (exact) mass is 381 g/mol. The Labute approximate surface area is 163 Å². The maximum absolute atomic E-state index is 13.1. The lowest BCUT2D eigenvalue weighted by Gasteiger charge is -2.44. The van der Waals surface area contributed by atoms with E-state index in [2.05, 4.69) is 10.6 Å². The number of nitrogens with one attached hydrogen (secondary N) is 2. The first-order valence-electron chi connectivity index (χ1n) is 9.27. The number of hydrogen-bond acceptors (Lipinski definition) is 5. The van der Waals surface area contributed by atoms with Crippen molar-refractivity contribution in [2.24, 2.45) is 0 Å². The highest BCUT2D eigenvalue weighted by Gasteiger charge is 2.45. The van der Waals surface area contributed by atoms with Crippen molar-refractivity contribution >= 4 is 23.2 Å². The van der Waals surface area contributed by atoms with E-state index < -0.39 is 5.54 Å². The van der Waals surface area contributed by atoms with Gasteiger partial charge in [0.1, 0.15) is 5.54 Å². The van der Waals surface area contributed by atoms with Gasteiger partial charge >= 0.3 is 0 Å². The molecule has 7 nitrogen and oxygen atoms in total. The Hall–Kier alpha value is -3.22. The maximum Gasteiger partial charge on any atom is 0.257 e. The molecule has 0 aliphatic carbocycles. The normalized spacial score (nSPS) is 17.4. The number of amides is 2. The number of methoxy groups -OCH3 is 2. The van der Waals surface area contributed by atoms with Gasteiger partial charge in [0.05, 0.1) is 31.2 Å². The lowest BCUT2D eigenvalue weighted by atomic mass is 9.84. The minimum absolute atomic E-state index is 0.0442. The quantitative estimate of drug-likeness (QED) is 0.855. The summed E-state index contributed by atoms with van der Waals surface area (Å²) in [6.45, 7) is 0.948. The van der Waals surface area contributed by atoms with Crippen LogP contribution < -0.4 is 20.1 Å². The van der Waals surface area contributed by atoms with Gasteiger partial charge in [0.15, 0.2) is 11.5 Å². The summed E-state index contributed by atoms with van der Waals surface area (Å²) in [5.41, 5.74) is 1.47. The van der Waals surface area contributed by atoms with Gasteiger partial charge in [-0.15, -0.1) is 0 Å². The predicted octanol–water partition coefficient (Wildman–Crippen LogP) is 2.74. The SMILES string of the molecule is COc1cccc(C(=O)N2CCC3(CC2)Nc2ccccc2NC3=O)c1OC. The number of carbonyl (C=O) groups excluding carboxylic acids is 2. The number of para-hydroxylation sites is 3. The van der Waals surface area contributed by atoms with Gasteiger partial charge in [-0.05, 0) is 37.1 Å². The fourth-order valence-corrected chi connectivity index (χ4v) is 3.93. The average Bonchev–Trinajstić information content (AvgIpc) is 2.74. The van der Waals surface area contributed by atoms with E-state index in [0.717, 1.165) is 11.4 Å². The molecule has 2 aromatic carbocycles. The van der Waals surface area contributed by atoms with E-state index in [4.69, 9.17) is 9.47 Å². The molecule has 0 radical (unpaired) electrons. The number of rotatable bonds is 3. The molecule has 146 valence electrons. The van der Waals surface area contributed by atoms with Crippen LogP contribution in [0, 0.1) is 0 Å². The summed E-state index contributed by atoms with van der Waals surface area (Å²) >= 11 is 0. The summed E-state index contributed by atoms with van der Waals surface area (Å²) in [5.74, 6) is 0.781. The van der Waals surface area contributed by atoms with Crippen molar-refractivity contribution < 1.29 is 19.1 Å². The van der Waals surface area contributed by atoms with Crippen molar-refractivity contribution in [2.45, 2.75) is 18.4 Å². The molecule has 2 aliphatic rings. The van der Waals surface area contributed by atoms with E-state index >= 15 is 0 Å². The molecule has 0 atom stereocenters. The van der Waals surface area contributed by atoms with Gasteiger partial charge in [-0.25, -0.2) is 0 Å². The highest BCUT2D eigenvalue weighted by Crippen LogP contribution is 2.37. The summed E-state index contributed by atoms with van der Waals surface area (Å²) in [5, 5.41) is 6.40. The number of benzene rings is 2. The zero-order valence-electron chi connectivity index (χ0n) is 16.0. The summed E-state index contributed by atoms with van der Waals surface area (Å²) in [6.07, 6.45) is 1.07. The smallest absolute Gasteiger partial charge is 0.257 e. The molecule has 0 aromatic heterocycles. The van der Waals surface area contributed by atoms with Gasteiger partial charge < -0.3 is 25.0 Å². The average molecular weight is 381 g/mol. The number of hydrogen-bond donors (Lipinski definition) is 2. The van der Waals surface area contributed by atoms with E-state index in [0.29, 0.717) is 43.0 Å². The summed E-state index contributed by atoms with van der Waals surface area (Å²) in [6, 6.07) is 12.9. The van der Waals surface area contributed by atoms with Crippen LogP contribution in [0.25, 0.3) is 0 Å². The molecule has 7 heteroatoms. The first kappa shape index (κ1) is 18.2. The van der Waals surface area contributed by atoms with Crippen LogP contribution in [0.3, 0.4) is 0 Å². The highest BCUT2D eigenvalue weighted by atomic mass is 16.5. The number of piperidine rings is 1. The van der Waals surface area contributed by atoms with E-state index in [1.54, 1.807) is 30.2 Å². The first-order valence-corrected chi connectivity index (χ1v) is 9.27. The molecule has 2 N–H and O–H groups in total. The molecule has 2 amide bonds. The van der Waals surface area contributed by atoms with Gasteiger partial charge in [0, 0.05) is 13.1 Å². The van der Waals surface area contributed by atoms with Crippen molar-refractivity contribution in [1.29, 1.82) is 0 Å². The van der Waals surface area contributed by atoms with Gasteiger partial charge in [-0.2, -0.15) is 0 Å². The van der Waals surface area contributed by atoms with Crippen molar-refractivity contribution in [2.75, 3.05) is 37.9 Å². The van der Waals surface area contributed by atoms with Crippen LogP contribution in [0.1, 0.15) is 23.2 Å². The minimum Gasteiger partial charge on any atom is -0.493 e. The Balaban J connectivity index is 1.52. The summed E-state index contributed by atoms with van der Waals surface area (Å²) < 4.78 is 10.7. The van der Waals surface area contributed by atoms with E-state index in [-0.39, 0.29) is 11.8 Å². The Morgan fingerprint density at radius 3 is 2.39 bits per heavy atom. The lowest BCUT2D eigenvalue weighted by Crippen LogP contribution is -2.59. The number of likely N-dealkylation sites (tertiary alicyclic amines) is 1. The van der Waals surface area contributed by atoms with Crippen LogP contribution >= 0.6 is 0 Å². The van der Waals surface area contributed by atoms with Crippen molar-refractivity contribution in [3.8, 4) is 11.5 Å². The molecule has 0 saturated carbocycles. The van der Waals surface area contributed by atoms with Gasteiger partial charge in [-0.1, -0.05) is 18.2 Å². The zero-order chi connectivity index (χ0) is 19.7. The number of anilines is 2. The standard InChI is InChI=1S/C21H23N3O4/c1-27-17-9-5-6-14(18(17)28-2)19(25)24-12-10-21(11-13-24)20(26)22-15-7-3-4-8-16(15)23-21/h3-9,23H,10-13H2,1-2H3,(H,22,26). The second-order valence-electron chi connectivity index (χ2n) is 7.04. The third-order valence-corrected chi connectivity index (χ3v) is 5.52. The van der Waals surface area contributed by atoms with Crippen LogP contribution in [0.5, 0.6) is 11.5 Å². The van der Waals surface area contributed by atoms with Crippen LogP contribution in [0.15, 0.2) is 42.5 Å². The third kappa shape index (κ3) is 2.93. The van der Waals surface area contributed by atoms with Crippen LogP contribution in [-0.4, -0.2) is 49.6 Å². The van der Waals surface area contributed by atoms with E-state index in [1.807, 2.05) is 24.3 Å². The van der Waals surface area contributed by atoms with Gasteiger partial charge in [0.2, 0.25) is 5.91 Å². The molecule has 1 spiro atoms. The Morgan fingerprint density at radius 1 is 1.00 bits per heavy atom. The number of fused-ring (bicyclic) bond motifs is 1. The second-order valence-corrected chi connectivity index (χ2v) is 7.04. The van der Waals surface area contributed by atoms with Crippen LogP contribution in [0.2, 0.25) is 0 Å². The Morgan fingerprint density at radius 2 is 1.71 bits per heavy atom. The summed E-state index contributed by atoms with van der Waals surface area (Å²) in [7, 11) is 3.06. The van der Waals surface area contributed by atoms with Crippen molar-refractivity contribution in [1.82, 2.24) is 4.90 Å². The third-order valence-electron chi connectivity index (χ3n) is 5.52. The Kier molecular flexibility index (Phi) is 4.58. The molecule has 1 fully saturated rings. The lowest BCUT2D eigenvalue weighted by molar-refractivity contribution is -0.122. The molecule has 4 rings (SSSR count). The fraction of sp³-hybridized carbons (Fsp3) is 0.333. The fourth-order valence-electron chi connectivity index (χ4n) is 3.93. The molecule has 2 aromatic rings. The summed E-state index contributed by atoms with van der Waals surface area (Å²) in [4.78, 5) is 27.6. The van der Waals surface area contributed by atoms with E-state index in [1.165, 1.54) is 7.11 Å². The Bertz CT molecular complexity index is 920. The molecular formula is C21H23N3O4. The van der Waals surface area contributed by atoms with Crippen molar-refractivity contribution in [3.63, 3.8) is 0 Å². The molecular weight excluding hydrogens is 358 g/mol. The van der Waals surface area contributed by atoms with Crippen LogP contribution in [0.4, 0.5) is 11.4 Å². The van der Waals surface area contributed by atoms with Gasteiger partial charge in [0.25, 0.3) is 5.91 Å². The van der Waals surface area contributed by atoms with Gasteiger partial charge in [-0.3, -0.25) is 9.59 Å². The molecule has 0 unspecified atom stereocenters. The molecule has 1 saturated heterocycles. The van der Waals surface area contributed by atoms with Crippen LogP contribution in [-0.2, 0) is 4.79 Å². The minimum atomic E-state index is -0.691. The zero-order valence-corrected chi connectivity index (χ0v) is 16.0. The number of carbonyl (C=O) groups is 2. The largest absolute Gasteiger partial charge is 0.493 e. The molecule has 28 heavy (non-hydrogen) atoms. The molecule has 2 heterocycles. The first-order chi connectivity index (χ1) is 13.6. The topological polar surface area (TPSA) is 79.9 Å².